The van der Waals surface area contributed by atoms with Crippen molar-refractivity contribution < 1.29 is 18.0 Å². The molecule has 0 fully saturated rings. The first kappa shape index (κ1) is 21.3. The molecule has 0 aromatic heterocycles. The minimum Gasteiger partial charge on any atom is -0.335 e. The average Bonchev–Trinajstić information content (AvgIpc) is 2.45. The fourth-order valence-electron chi connectivity index (χ4n) is 1.88. The van der Waals surface area contributed by atoms with Gasteiger partial charge in [-0.25, -0.2) is 4.79 Å². The number of halogens is 3. The van der Waals surface area contributed by atoms with Gasteiger partial charge in [-0.2, -0.15) is 13.2 Å². The maximum absolute atomic E-state index is 12.7. The summed E-state index contributed by atoms with van der Waals surface area (Å²) in [4.78, 5) is 11.9. The first-order valence-corrected chi connectivity index (χ1v) is 7.79. The van der Waals surface area contributed by atoms with Gasteiger partial charge in [-0.15, -0.1) is 0 Å². The molecule has 2 amide bonds. The third kappa shape index (κ3) is 9.11. The van der Waals surface area contributed by atoms with Crippen LogP contribution in [0.25, 0.3) is 0 Å². The van der Waals surface area contributed by atoms with E-state index in [1.54, 1.807) is 6.92 Å². The van der Waals surface area contributed by atoms with Crippen LogP contribution in [0.5, 0.6) is 0 Å². The Bertz CT molecular complexity index is 451. The Morgan fingerprint density at radius 2 is 1.87 bits per heavy atom. The highest BCUT2D eigenvalue weighted by molar-refractivity contribution is 5.76. The van der Waals surface area contributed by atoms with Gasteiger partial charge in [0.05, 0.1) is 5.57 Å². The molecular weight excluding hydrogens is 305 g/mol. The molecule has 0 aromatic carbocycles. The van der Waals surface area contributed by atoms with Crippen LogP contribution in [0.15, 0.2) is 36.1 Å². The molecule has 1 atom stereocenters. The number of urea groups is 1. The molecular formula is C17H27F3N2O. The fraction of sp³-hybridized carbons (Fsp3) is 0.588. The molecule has 0 bridgehead atoms. The lowest BCUT2D eigenvalue weighted by Crippen LogP contribution is -2.41. The van der Waals surface area contributed by atoms with Crippen LogP contribution in [0.3, 0.4) is 0 Å². The number of hydrogen-bond acceptors (Lipinski definition) is 1. The molecule has 0 aliphatic heterocycles. The van der Waals surface area contributed by atoms with Gasteiger partial charge in [-0.1, -0.05) is 39.5 Å². The number of hydrogen-bond donors (Lipinski definition) is 2. The van der Waals surface area contributed by atoms with Gasteiger partial charge < -0.3 is 10.6 Å². The van der Waals surface area contributed by atoms with Gasteiger partial charge in [0.1, 0.15) is 0 Å². The monoisotopic (exact) mass is 332 g/mol. The largest absolute Gasteiger partial charge is 0.416 e. The minimum atomic E-state index is -4.50. The average molecular weight is 332 g/mol. The van der Waals surface area contributed by atoms with E-state index in [0.29, 0.717) is 5.92 Å². The number of rotatable bonds is 8. The summed E-state index contributed by atoms with van der Waals surface area (Å²) in [5.74, 6) is 0.532. The molecule has 0 aromatic rings. The Kier molecular flexibility index (Phi) is 9.37. The first-order valence-electron chi connectivity index (χ1n) is 7.79. The summed E-state index contributed by atoms with van der Waals surface area (Å²) < 4.78 is 38.1. The molecule has 0 aliphatic carbocycles. The predicted molar refractivity (Wildman–Crippen MR) is 87.9 cm³/mol. The highest BCUT2D eigenvalue weighted by Crippen LogP contribution is 2.26. The molecule has 0 radical (unpaired) electrons. The van der Waals surface area contributed by atoms with Gasteiger partial charge in [0.15, 0.2) is 0 Å². The summed E-state index contributed by atoms with van der Waals surface area (Å²) in [6.45, 7) is 10.9. The van der Waals surface area contributed by atoms with Crippen molar-refractivity contribution in [1.29, 1.82) is 0 Å². The Hall–Kier alpha value is -1.72. The second kappa shape index (κ2) is 10.1. The van der Waals surface area contributed by atoms with Crippen molar-refractivity contribution in [3.05, 3.63) is 36.1 Å². The third-order valence-corrected chi connectivity index (χ3v) is 3.35. The van der Waals surface area contributed by atoms with E-state index in [2.05, 4.69) is 31.1 Å². The summed E-state index contributed by atoms with van der Waals surface area (Å²) in [5, 5.41) is 5.23. The molecule has 3 nitrogen and oxygen atoms in total. The second-order valence-electron chi connectivity index (χ2n) is 5.72. The van der Waals surface area contributed by atoms with Crippen molar-refractivity contribution in [2.45, 2.75) is 59.2 Å². The minimum absolute atomic E-state index is 0.000904. The van der Waals surface area contributed by atoms with Crippen LogP contribution in [-0.4, -0.2) is 18.2 Å². The number of alkyl halides is 3. The molecule has 0 spiro atoms. The molecule has 132 valence electrons. The third-order valence-electron chi connectivity index (χ3n) is 3.35. The smallest absolute Gasteiger partial charge is 0.335 e. The second-order valence-corrected chi connectivity index (χ2v) is 5.72. The van der Waals surface area contributed by atoms with Crippen molar-refractivity contribution >= 4 is 6.03 Å². The van der Waals surface area contributed by atoms with Crippen molar-refractivity contribution in [3.8, 4) is 0 Å². The maximum atomic E-state index is 12.7. The predicted octanol–water partition coefficient (Wildman–Crippen LogP) is 5.08. The van der Waals surface area contributed by atoms with E-state index in [-0.39, 0.29) is 11.7 Å². The Morgan fingerprint density at radius 1 is 1.26 bits per heavy atom. The number of allylic oxidation sites excluding steroid dienone is 4. The van der Waals surface area contributed by atoms with E-state index in [0.717, 1.165) is 31.4 Å². The molecule has 0 saturated carbocycles. The van der Waals surface area contributed by atoms with E-state index in [1.807, 2.05) is 6.92 Å². The van der Waals surface area contributed by atoms with Crippen molar-refractivity contribution in [2.24, 2.45) is 5.92 Å². The number of carbonyl (C=O) groups is 1. The van der Waals surface area contributed by atoms with Crippen molar-refractivity contribution in [2.75, 3.05) is 0 Å². The lowest BCUT2D eigenvalue weighted by molar-refractivity contribution is -0.0882. The summed E-state index contributed by atoms with van der Waals surface area (Å²) >= 11 is 0. The Balaban J connectivity index is 4.78. The van der Waals surface area contributed by atoms with E-state index < -0.39 is 17.8 Å². The topological polar surface area (TPSA) is 41.1 Å². The summed E-state index contributed by atoms with van der Waals surface area (Å²) in [6.07, 6.45) is 1.07. The molecule has 0 rings (SSSR count). The molecule has 0 heterocycles. The number of nitrogens with one attached hydrogen (secondary N) is 2. The van der Waals surface area contributed by atoms with Gasteiger partial charge in [0, 0.05) is 11.7 Å². The number of carbonyl (C=O) groups excluding carboxylic acids is 1. The standard InChI is InChI=1S/C17H27F3N2O/c1-6-13(17(18,19)20)11-15(8-3)22-16(23)21-14(7-2)10-9-12(4)5/h6,8,11-12,14H,1,7,9-10H2,2-5H3,(H2,21,22,23)/b13-11+,15-8+. The number of amides is 2. The van der Waals surface area contributed by atoms with Gasteiger partial charge in [-0.3, -0.25) is 0 Å². The molecule has 2 N–H and O–H groups in total. The summed E-state index contributed by atoms with van der Waals surface area (Å²) in [5.41, 5.74) is -0.828. The van der Waals surface area contributed by atoms with E-state index in [4.69, 9.17) is 0 Å². The van der Waals surface area contributed by atoms with Gasteiger partial charge in [0.2, 0.25) is 0 Å². The van der Waals surface area contributed by atoms with Crippen LogP contribution in [0.4, 0.5) is 18.0 Å². The van der Waals surface area contributed by atoms with Gasteiger partial charge in [-0.05, 0) is 38.2 Å². The molecule has 0 aliphatic rings. The van der Waals surface area contributed by atoms with Crippen LogP contribution in [-0.2, 0) is 0 Å². The highest BCUT2D eigenvalue weighted by atomic mass is 19.4. The molecule has 0 saturated heterocycles. The first-order chi connectivity index (χ1) is 10.6. The van der Waals surface area contributed by atoms with E-state index in [9.17, 15) is 18.0 Å². The molecule has 6 heteroatoms. The van der Waals surface area contributed by atoms with Gasteiger partial charge >= 0.3 is 12.2 Å². The van der Waals surface area contributed by atoms with Crippen LogP contribution < -0.4 is 10.6 Å². The van der Waals surface area contributed by atoms with Crippen molar-refractivity contribution in [1.82, 2.24) is 10.6 Å². The van der Waals surface area contributed by atoms with Crippen LogP contribution in [0.1, 0.15) is 47.0 Å². The molecule has 23 heavy (non-hydrogen) atoms. The van der Waals surface area contributed by atoms with E-state index in [1.165, 1.54) is 6.08 Å². The Morgan fingerprint density at radius 3 is 2.26 bits per heavy atom. The molecule has 1 unspecified atom stereocenters. The van der Waals surface area contributed by atoms with Crippen molar-refractivity contribution in [3.63, 3.8) is 0 Å². The van der Waals surface area contributed by atoms with Crippen LogP contribution >= 0.6 is 0 Å². The SMILES string of the molecule is C=C/C(=C\C(=C/C)NC(=O)NC(CC)CCC(C)C)C(F)(F)F. The van der Waals surface area contributed by atoms with Crippen LogP contribution in [0.2, 0.25) is 0 Å². The van der Waals surface area contributed by atoms with E-state index >= 15 is 0 Å². The lowest BCUT2D eigenvalue weighted by atomic mass is 10.0. The maximum Gasteiger partial charge on any atom is 0.416 e. The zero-order valence-corrected chi connectivity index (χ0v) is 14.3. The Labute approximate surface area is 136 Å². The zero-order chi connectivity index (χ0) is 18.0. The fourth-order valence-corrected chi connectivity index (χ4v) is 1.88. The van der Waals surface area contributed by atoms with Gasteiger partial charge in [0.25, 0.3) is 0 Å². The normalized spacial score (nSPS) is 14.6. The lowest BCUT2D eigenvalue weighted by Gasteiger charge is -2.19. The quantitative estimate of drug-likeness (QED) is 0.598. The summed E-state index contributed by atoms with van der Waals surface area (Å²) in [7, 11) is 0. The zero-order valence-electron chi connectivity index (χ0n) is 14.3. The van der Waals surface area contributed by atoms with Crippen LogP contribution in [0, 0.1) is 5.92 Å². The highest BCUT2D eigenvalue weighted by Gasteiger charge is 2.31. The summed E-state index contributed by atoms with van der Waals surface area (Å²) in [6, 6.07) is -0.503.